The Bertz CT molecular complexity index is 181. The third-order valence-electron chi connectivity index (χ3n) is 2.79. The lowest BCUT2D eigenvalue weighted by molar-refractivity contribution is 0.136. The number of hydrogen-bond donors (Lipinski definition) is 2. The van der Waals surface area contributed by atoms with E-state index >= 15 is 0 Å². The largest absolute Gasteiger partial charge is 0.396 e. The van der Waals surface area contributed by atoms with E-state index in [2.05, 4.69) is 12.2 Å². The van der Waals surface area contributed by atoms with Crippen LogP contribution >= 0.6 is 0 Å². The van der Waals surface area contributed by atoms with E-state index in [9.17, 15) is 4.21 Å². The molecule has 0 saturated heterocycles. The summed E-state index contributed by atoms with van der Waals surface area (Å²) in [4.78, 5) is 0. The van der Waals surface area contributed by atoms with Gasteiger partial charge < -0.3 is 10.4 Å². The Labute approximate surface area is 89.7 Å². The van der Waals surface area contributed by atoms with Crippen LogP contribution in [-0.2, 0) is 10.8 Å². The molecule has 0 saturated carbocycles. The van der Waals surface area contributed by atoms with Crippen molar-refractivity contribution in [2.24, 2.45) is 5.41 Å². The highest BCUT2D eigenvalue weighted by molar-refractivity contribution is 7.84. The molecule has 0 aromatic rings. The van der Waals surface area contributed by atoms with Crippen LogP contribution in [0.1, 0.15) is 27.2 Å². The van der Waals surface area contributed by atoms with E-state index in [4.69, 9.17) is 5.11 Å². The summed E-state index contributed by atoms with van der Waals surface area (Å²) in [6.45, 7) is 7.80. The molecule has 0 heterocycles. The number of nitrogens with one attached hydrogen (secondary N) is 1. The van der Waals surface area contributed by atoms with E-state index in [0.717, 1.165) is 19.5 Å². The fourth-order valence-electron chi connectivity index (χ4n) is 0.987. The molecule has 0 amide bonds. The van der Waals surface area contributed by atoms with Gasteiger partial charge in [0.05, 0.1) is 0 Å². The SMILES string of the molecule is CCC(C)(CO)CNCC(C)S(C)=O. The first-order chi connectivity index (χ1) is 6.45. The molecule has 0 radical (unpaired) electrons. The molecule has 3 nitrogen and oxygen atoms in total. The second kappa shape index (κ2) is 6.53. The summed E-state index contributed by atoms with van der Waals surface area (Å²) in [6.07, 6.45) is 2.66. The van der Waals surface area contributed by atoms with E-state index in [-0.39, 0.29) is 17.3 Å². The summed E-state index contributed by atoms with van der Waals surface area (Å²) in [5.41, 5.74) is -0.0467. The molecular weight excluding hydrogens is 198 g/mol. The van der Waals surface area contributed by atoms with Gasteiger partial charge in [0.1, 0.15) is 0 Å². The third-order valence-corrected chi connectivity index (χ3v) is 4.09. The first kappa shape index (κ1) is 14.1. The molecule has 0 aliphatic rings. The first-order valence-electron chi connectivity index (χ1n) is 5.09. The molecule has 0 aromatic carbocycles. The molecule has 0 bridgehead atoms. The van der Waals surface area contributed by atoms with Crippen molar-refractivity contribution in [2.75, 3.05) is 26.0 Å². The number of aliphatic hydroxyl groups excluding tert-OH is 1. The highest BCUT2D eigenvalue weighted by Crippen LogP contribution is 2.18. The van der Waals surface area contributed by atoms with Crippen LogP contribution in [0.5, 0.6) is 0 Å². The Morgan fingerprint density at radius 1 is 1.57 bits per heavy atom. The normalized spacial score (nSPS) is 20.1. The summed E-state index contributed by atoms with van der Waals surface area (Å²) in [5, 5.41) is 12.6. The molecule has 0 aromatic heterocycles. The molecule has 2 N–H and O–H groups in total. The minimum absolute atomic E-state index is 0.0467. The van der Waals surface area contributed by atoms with Crippen LogP contribution in [0.25, 0.3) is 0 Å². The van der Waals surface area contributed by atoms with Crippen molar-refractivity contribution >= 4 is 10.8 Å². The van der Waals surface area contributed by atoms with Crippen molar-refractivity contribution in [2.45, 2.75) is 32.4 Å². The Kier molecular flexibility index (Phi) is 6.57. The molecule has 0 rings (SSSR count). The average Bonchev–Trinajstić information content (AvgIpc) is 2.17. The van der Waals surface area contributed by atoms with Gasteiger partial charge in [-0.05, 0) is 13.3 Å². The van der Waals surface area contributed by atoms with Crippen LogP contribution in [-0.4, -0.2) is 40.5 Å². The van der Waals surface area contributed by atoms with Crippen molar-refractivity contribution < 1.29 is 9.32 Å². The van der Waals surface area contributed by atoms with Crippen molar-refractivity contribution in [3.63, 3.8) is 0 Å². The minimum Gasteiger partial charge on any atom is -0.396 e. The van der Waals surface area contributed by atoms with Crippen LogP contribution in [0.4, 0.5) is 0 Å². The zero-order valence-electron chi connectivity index (χ0n) is 9.67. The predicted molar refractivity (Wildman–Crippen MR) is 61.9 cm³/mol. The van der Waals surface area contributed by atoms with Gasteiger partial charge >= 0.3 is 0 Å². The lowest BCUT2D eigenvalue weighted by Crippen LogP contribution is -2.38. The quantitative estimate of drug-likeness (QED) is 0.667. The lowest BCUT2D eigenvalue weighted by Gasteiger charge is -2.26. The third kappa shape index (κ3) is 5.08. The van der Waals surface area contributed by atoms with Gasteiger partial charge in [0.15, 0.2) is 0 Å². The Morgan fingerprint density at radius 2 is 2.14 bits per heavy atom. The van der Waals surface area contributed by atoms with Gasteiger partial charge in [-0.15, -0.1) is 0 Å². The van der Waals surface area contributed by atoms with Crippen LogP contribution < -0.4 is 5.32 Å². The maximum atomic E-state index is 11.1. The maximum absolute atomic E-state index is 11.1. The van der Waals surface area contributed by atoms with Crippen molar-refractivity contribution in [3.05, 3.63) is 0 Å². The number of rotatable bonds is 7. The predicted octanol–water partition coefficient (Wildman–Crippen LogP) is 0.752. The summed E-state index contributed by atoms with van der Waals surface area (Å²) in [7, 11) is -0.767. The van der Waals surface area contributed by atoms with E-state index in [1.807, 2.05) is 13.8 Å². The Balaban J connectivity index is 3.77. The highest BCUT2D eigenvalue weighted by atomic mass is 32.2. The number of hydrogen-bond acceptors (Lipinski definition) is 3. The monoisotopic (exact) mass is 221 g/mol. The van der Waals surface area contributed by atoms with Gasteiger partial charge in [-0.1, -0.05) is 13.8 Å². The molecular formula is C10H23NO2S. The lowest BCUT2D eigenvalue weighted by atomic mass is 9.89. The molecule has 0 aliphatic heterocycles. The Hall–Kier alpha value is 0.0700. The fourth-order valence-corrected chi connectivity index (χ4v) is 1.34. The van der Waals surface area contributed by atoms with Crippen molar-refractivity contribution in [1.29, 1.82) is 0 Å². The summed E-state index contributed by atoms with van der Waals surface area (Å²) >= 11 is 0. The van der Waals surface area contributed by atoms with Crippen molar-refractivity contribution in [1.82, 2.24) is 5.32 Å². The molecule has 4 heteroatoms. The van der Waals surface area contributed by atoms with E-state index < -0.39 is 10.8 Å². The maximum Gasteiger partial charge on any atom is 0.0496 e. The summed E-state index contributed by atoms with van der Waals surface area (Å²) in [6, 6.07) is 0. The molecule has 0 fully saturated rings. The zero-order chi connectivity index (χ0) is 11.2. The van der Waals surface area contributed by atoms with Crippen LogP contribution in [0.3, 0.4) is 0 Å². The summed E-state index contributed by atoms with van der Waals surface area (Å²) in [5.74, 6) is 0. The van der Waals surface area contributed by atoms with E-state index in [1.165, 1.54) is 0 Å². The molecule has 0 aliphatic carbocycles. The van der Waals surface area contributed by atoms with E-state index in [0.29, 0.717) is 0 Å². The zero-order valence-corrected chi connectivity index (χ0v) is 10.5. The van der Waals surface area contributed by atoms with Gasteiger partial charge in [0, 0.05) is 47.4 Å². The second-order valence-electron chi connectivity index (χ2n) is 4.26. The molecule has 0 spiro atoms. The Morgan fingerprint density at radius 3 is 2.50 bits per heavy atom. The van der Waals surface area contributed by atoms with Gasteiger partial charge in [0.25, 0.3) is 0 Å². The molecule has 14 heavy (non-hydrogen) atoms. The second-order valence-corrected chi connectivity index (χ2v) is 6.06. The highest BCUT2D eigenvalue weighted by Gasteiger charge is 2.20. The van der Waals surface area contributed by atoms with Gasteiger partial charge in [-0.25, -0.2) is 0 Å². The fraction of sp³-hybridized carbons (Fsp3) is 1.00. The van der Waals surface area contributed by atoms with Crippen LogP contribution in [0, 0.1) is 5.41 Å². The van der Waals surface area contributed by atoms with Gasteiger partial charge in [-0.3, -0.25) is 4.21 Å². The first-order valence-corrected chi connectivity index (χ1v) is 6.71. The summed E-state index contributed by atoms with van der Waals surface area (Å²) < 4.78 is 11.1. The standard InChI is InChI=1S/C10H23NO2S/c1-5-10(3,8-12)7-11-6-9(2)14(4)13/h9,11-12H,5-8H2,1-4H3. The van der Waals surface area contributed by atoms with E-state index in [1.54, 1.807) is 6.26 Å². The average molecular weight is 221 g/mol. The van der Waals surface area contributed by atoms with Crippen molar-refractivity contribution in [3.8, 4) is 0 Å². The number of aliphatic hydroxyl groups is 1. The van der Waals surface area contributed by atoms with Gasteiger partial charge in [-0.2, -0.15) is 0 Å². The molecule has 86 valence electrons. The smallest absolute Gasteiger partial charge is 0.0496 e. The van der Waals surface area contributed by atoms with Gasteiger partial charge in [0.2, 0.25) is 0 Å². The van der Waals surface area contributed by atoms with Crippen LogP contribution in [0.15, 0.2) is 0 Å². The molecule has 3 atom stereocenters. The minimum atomic E-state index is -0.767. The topological polar surface area (TPSA) is 49.3 Å². The molecule has 3 unspecified atom stereocenters. The van der Waals surface area contributed by atoms with Crippen LogP contribution in [0.2, 0.25) is 0 Å².